The van der Waals surface area contributed by atoms with E-state index in [9.17, 15) is 14.7 Å². The number of hydrogen-bond acceptors (Lipinski definition) is 5. The molecule has 3 saturated carbocycles. The lowest BCUT2D eigenvalue weighted by Crippen LogP contribution is -2.73. The largest absolute Gasteiger partial charge is 0.390 e. The molecule has 5 nitrogen and oxygen atoms in total. The Morgan fingerprint density at radius 1 is 1.25 bits per heavy atom. The summed E-state index contributed by atoms with van der Waals surface area (Å²) in [6.45, 7) is 7.10. The first-order valence-electron chi connectivity index (χ1n) is 12.1. The molecule has 0 unspecified atom stereocenters. The zero-order valence-electron chi connectivity index (χ0n) is 19.3. The monoisotopic (exact) mass is 452 g/mol. The zero-order chi connectivity index (χ0) is 23.3. The molecule has 1 saturated heterocycles. The van der Waals surface area contributed by atoms with Crippen LogP contribution in [0.25, 0.3) is 0 Å². The number of Topliss-reactive ketones (excluding diaryl/α,β-unsaturated/α-hetero) is 1. The van der Waals surface area contributed by atoms with Gasteiger partial charge in [-0.05, 0) is 62.0 Å². The molecule has 8 atom stereocenters. The number of ketones is 2. The van der Waals surface area contributed by atoms with Crippen molar-refractivity contribution in [2.24, 2.45) is 28.6 Å². The van der Waals surface area contributed by atoms with Crippen LogP contribution in [0.15, 0.2) is 11.6 Å². The van der Waals surface area contributed by atoms with Crippen molar-refractivity contribution in [1.29, 1.82) is 0 Å². The van der Waals surface area contributed by atoms with Crippen molar-refractivity contribution in [1.82, 2.24) is 0 Å². The third-order valence-electron chi connectivity index (χ3n) is 9.74. The van der Waals surface area contributed by atoms with Crippen LogP contribution < -0.4 is 0 Å². The molecule has 5 aliphatic rings. The maximum atomic E-state index is 17.4. The Labute approximate surface area is 187 Å². The van der Waals surface area contributed by atoms with Gasteiger partial charge in [-0.1, -0.05) is 27.2 Å². The predicted molar refractivity (Wildman–Crippen MR) is 112 cm³/mol. The minimum absolute atomic E-state index is 0.0495. The summed E-state index contributed by atoms with van der Waals surface area (Å²) in [5.74, 6) is -3.22. The summed E-state index contributed by atoms with van der Waals surface area (Å²) >= 11 is 0. The van der Waals surface area contributed by atoms with Gasteiger partial charge in [-0.3, -0.25) is 9.59 Å². The van der Waals surface area contributed by atoms with Gasteiger partial charge in [0.05, 0.1) is 6.10 Å². The number of halogens is 2. The molecule has 1 spiro atoms. The van der Waals surface area contributed by atoms with Crippen molar-refractivity contribution in [3.63, 3.8) is 0 Å². The first-order valence-corrected chi connectivity index (χ1v) is 12.1. The van der Waals surface area contributed by atoms with Crippen LogP contribution in [0.4, 0.5) is 8.78 Å². The second-order valence-electron chi connectivity index (χ2n) is 11.3. The van der Waals surface area contributed by atoms with Crippen LogP contribution in [0.3, 0.4) is 0 Å². The number of carbonyl (C=O) groups excluding carboxylic acids is 2. The molecule has 0 bridgehead atoms. The van der Waals surface area contributed by atoms with Gasteiger partial charge in [0.2, 0.25) is 11.6 Å². The Hall–Kier alpha value is -1.18. The van der Waals surface area contributed by atoms with Crippen molar-refractivity contribution in [3.05, 3.63) is 11.6 Å². The molecule has 0 aromatic rings. The summed E-state index contributed by atoms with van der Waals surface area (Å²) in [5, 5.41) is 11.3. The van der Waals surface area contributed by atoms with E-state index in [0.717, 1.165) is 6.42 Å². The second-order valence-corrected chi connectivity index (χ2v) is 11.3. The zero-order valence-corrected chi connectivity index (χ0v) is 19.3. The highest BCUT2D eigenvalue weighted by atomic mass is 19.1. The maximum absolute atomic E-state index is 17.4. The summed E-state index contributed by atoms with van der Waals surface area (Å²) in [5.41, 5.74) is -4.01. The van der Waals surface area contributed by atoms with Crippen molar-refractivity contribution < 1.29 is 33.0 Å². The van der Waals surface area contributed by atoms with E-state index in [1.165, 1.54) is 6.08 Å². The van der Waals surface area contributed by atoms with Gasteiger partial charge in [0.25, 0.3) is 0 Å². The van der Waals surface area contributed by atoms with E-state index in [-0.39, 0.29) is 42.5 Å². The highest BCUT2D eigenvalue weighted by Gasteiger charge is 2.75. The SMILES string of the molecule is CCCC1OC2(C[C@@]3(C)C(=CC2=O)[C@@H](F)C[C@H]2[C@@H]4CC[C@H](C(C)=O)[C@@]4(C)C[C@H](O)[C@@]23F)O1. The number of rotatable bonds is 3. The molecule has 0 aromatic heterocycles. The Balaban J connectivity index is 1.56. The number of fused-ring (bicyclic) bond motifs is 5. The summed E-state index contributed by atoms with van der Waals surface area (Å²) in [4.78, 5) is 25.2. The predicted octanol–water partition coefficient (Wildman–Crippen LogP) is 4.21. The summed E-state index contributed by atoms with van der Waals surface area (Å²) in [6, 6.07) is 0. The van der Waals surface area contributed by atoms with Crippen molar-refractivity contribution in [2.45, 2.75) is 103 Å². The fourth-order valence-electron chi connectivity index (χ4n) is 8.30. The van der Waals surface area contributed by atoms with E-state index in [1.54, 1.807) is 13.8 Å². The van der Waals surface area contributed by atoms with Gasteiger partial charge in [0.15, 0.2) is 6.29 Å². The number of alkyl halides is 2. The molecule has 0 amide bonds. The van der Waals surface area contributed by atoms with Crippen LogP contribution in [0.2, 0.25) is 0 Å². The van der Waals surface area contributed by atoms with E-state index < -0.39 is 52.6 Å². The molecule has 4 aliphatic carbocycles. The third kappa shape index (κ3) is 2.59. The Kier molecular flexibility index (Phi) is 4.89. The quantitative estimate of drug-likeness (QED) is 0.694. The van der Waals surface area contributed by atoms with Crippen LogP contribution in [-0.4, -0.2) is 46.7 Å². The molecule has 5 rings (SSSR count). The molecular formula is C25H34F2O5. The Bertz CT molecular complexity index is 882. The van der Waals surface area contributed by atoms with Gasteiger partial charge < -0.3 is 14.6 Å². The van der Waals surface area contributed by atoms with Gasteiger partial charge in [0.1, 0.15) is 17.6 Å². The molecule has 32 heavy (non-hydrogen) atoms. The van der Waals surface area contributed by atoms with E-state index in [1.807, 2.05) is 13.8 Å². The first kappa shape index (κ1) is 22.6. The van der Waals surface area contributed by atoms with Gasteiger partial charge in [-0.2, -0.15) is 0 Å². The normalized spacial score (nSPS) is 54.3. The lowest BCUT2D eigenvalue weighted by molar-refractivity contribution is -0.439. The molecule has 4 fully saturated rings. The topological polar surface area (TPSA) is 72.8 Å². The Morgan fingerprint density at radius 3 is 2.56 bits per heavy atom. The summed E-state index contributed by atoms with van der Waals surface area (Å²) in [6.07, 6.45) is 0.439. The number of ether oxygens (including phenoxy) is 2. The van der Waals surface area contributed by atoms with Crippen LogP contribution in [0.1, 0.15) is 72.6 Å². The summed E-state index contributed by atoms with van der Waals surface area (Å²) < 4.78 is 44.7. The standard InChI is InChI=1S/C25H34F2O5/c1-5-6-21-31-24(32-21)12-23(4)17(10-19(24)29)18(26)9-16-15-8-7-14(13(2)28)22(15,3)11-20(30)25(16,23)27/h10,14-16,18,20-21,30H,5-9,11-12H2,1-4H3/t14-,15+,16+,18+,20+,21?,22-,23+,24?,25+/m1/s1. The van der Waals surface area contributed by atoms with Crippen molar-refractivity contribution in [2.75, 3.05) is 0 Å². The average Bonchev–Trinajstić information content (AvgIpc) is 3.02. The fourth-order valence-corrected chi connectivity index (χ4v) is 8.30. The number of aliphatic hydroxyl groups is 1. The van der Waals surface area contributed by atoms with E-state index in [4.69, 9.17) is 9.47 Å². The average molecular weight is 453 g/mol. The van der Waals surface area contributed by atoms with E-state index in [0.29, 0.717) is 19.3 Å². The summed E-state index contributed by atoms with van der Waals surface area (Å²) in [7, 11) is 0. The fraction of sp³-hybridized carbons (Fsp3) is 0.840. The number of allylic oxidation sites excluding steroid dienone is 1. The van der Waals surface area contributed by atoms with Crippen LogP contribution in [0.5, 0.6) is 0 Å². The highest BCUT2D eigenvalue weighted by Crippen LogP contribution is 2.71. The molecule has 1 N–H and O–H groups in total. The highest BCUT2D eigenvalue weighted by molar-refractivity contribution is 5.98. The van der Waals surface area contributed by atoms with Gasteiger partial charge >= 0.3 is 0 Å². The molecule has 7 heteroatoms. The van der Waals surface area contributed by atoms with Gasteiger partial charge in [-0.15, -0.1) is 0 Å². The van der Waals surface area contributed by atoms with Crippen molar-refractivity contribution in [3.8, 4) is 0 Å². The smallest absolute Gasteiger partial charge is 0.238 e. The van der Waals surface area contributed by atoms with E-state index in [2.05, 4.69) is 0 Å². The number of carbonyl (C=O) groups is 2. The Morgan fingerprint density at radius 2 is 1.94 bits per heavy atom. The van der Waals surface area contributed by atoms with Gasteiger partial charge in [0, 0.05) is 23.7 Å². The van der Waals surface area contributed by atoms with Crippen LogP contribution in [0, 0.1) is 28.6 Å². The van der Waals surface area contributed by atoms with E-state index >= 15 is 8.78 Å². The maximum Gasteiger partial charge on any atom is 0.238 e. The van der Waals surface area contributed by atoms with Gasteiger partial charge in [-0.25, -0.2) is 8.78 Å². The molecule has 1 heterocycles. The molecule has 0 aromatic carbocycles. The minimum Gasteiger partial charge on any atom is -0.390 e. The van der Waals surface area contributed by atoms with Crippen LogP contribution in [-0.2, 0) is 19.1 Å². The third-order valence-corrected chi connectivity index (χ3v) is 9.74. The van der Waals surface area contributed by atoms with Crippen molar-refractivity contribution >= 4 is 11.6 Å². The van der Waals surface area contributed by atoms with Crippen LogP contribution >= 0.6 is 0 Å². The lowest BCUT2D eigenvalue weighted by atomic mass is 9.43. The molecule has 0 radical (unpaired) electrons. The number of hydrogen-bond donors (Lipinski definition) is 1. The molecule has 178 valence electrons. The molecular weight excluding hydrogens is 418 g/mol. The molecule has 1 aliphatic heterocycles. The minimum atomic E-state index is -2.13. The second kappa shape index (κ2) is 6.92. The first-order chi connectivity index (χ1) is 14.9. The lowest BCUT2D eigenvalue weighted by Gasteiger charge is -2.65. The number of aliphatic hydroxyl groups excluding tert-OH is 1.